The van der Waals surface area contributed by atoms with E-state index in [4.69, 9.17) is 9.52 Å². The minimum atomic E-state index is -0.579. The molecule has 0 saturated carbocycles. The molecule has 5 nitrogen and oxygen atoms in total. The summed E-state index contributed by atoms with van der Waals surface area (Å²) in [6.07, 6.45) is 0. The van der Waals surface area contributed by atoms with Crippen LogP contribution in [0.1, 0.15) is 15.9 Å². The summed E-state index contributed by atoms with van der Waals surface area (Å²) in [6.45, 7) is -0.229. The molecule has 0 amide bonds. The van der Waals surface area contributed by atoms with Crippen molar-refractivity contribution in [2.75, 3.05) is 0 Å². The van der Waals surface area contributed by atoms with Crippen molar-refractivity contribution in [2.45, 2.75) is 13.2 Å². The van der Waals surface area contributed by atoms with Crippen LogP contribution in [0.2, 0.25) is 0 Å². The highest BCUT2D eigenvalue weighted by Gasteiger charge is 2.14. The van der Waals surface area contributed by atoms with Crippen LogP contribution in [0.5, 0.6) is 0 Å². The second-order valence-electron chi connectivity index (χ2n) is 4.70. The van der Waals surface area contributed by atoms with E-state index in [0.717, 1.165) is 0 Å². The molecule has 0 aliphatic rings. The van der Waals surface area contributed by atoms with Crippen molar-refractivity contribution in [3.63, 3.8) is 0 Å². The van der Waals surface area contributed by atoms with E-state index in [1.807, 2.05) is 6.07 Å². The van der Waals surface area contributed by atoms with Crippen LogP contribution >= 0.6 is 0 Å². The number of aliphatic hydroxyl groups is 1. The van der Waals surface area contributed by atoms with Gasteiger partial charge in [0.1, 0.15) is 0 Å². The Morgan fingerprint density at radius 2 is 1.90 bits per heavy atom. The van der Waals surface area contributed by atoms with Crippen LogP contribution < -0.4 is 5.76 Å². The molecule has 0 saturated heterocycles. The first-order chi connectivity index (χ1) is 10.2. The predicted octanol–water partition coefficient (Wildman–Crippen LogP) is 1.97. The second kappa shape index (κ2) is 5.38. The highest BCUT2D eigenvalue weighted by Crippen LogP contribution is 2.16. The summed E-state index contributed by atoms with van der Waals surface area (Å²) in [7, 11) is 0. The number of carbonyl (C=O) groups excluding carboxylic acids is 1. The maximum Gasteiger partial charge on any atom is 0.420 e. The van der Waals surface area contributed by atoms with Gasteiger partial charge in [0.2, 0.25) is 0 Å². The van der Waals surface area contributed by atoms with Crippen molar-refractivity contribution >= 4 is 16.9 Å². The molecular weight excluding hydrogens is 270 g/mol. The maximum absolute atomic E-state index is 12.2. The number of oxazole rings is 1. The molecule has 0 radical (unpaired) electrons. The number of nitrogens with zero attached hydrogens (tertiary/aromatic N) is 1. The summed E-state index contributed by atoms with van der Waals surface area (Å²) in [4.78, 5) is 24.1. The van der Waals surface area contributed by atoms with E-state index in [1.54, 1.807) is 42.5 Å². The third-order valence-electron chi connectivity index (χ3n) is 3.31. The van der Waals surface area contributed by atoms with E-state index < -0.39 is 5.76 Å². The lowest BCUT2D eigenvalue weighted by Crippen LogP contribution is -2.20. The molecule has 0 aliphatic carbocycles. The van der Waals surface area contributed by atoms with E-state index in [2.05, 4.69) is 0 Å². The smallest absolute Gasteiger partial charge is 0.408 e. The maximum atomic E-state index is 12.2. The average Bonchev–Trinajstić information content (AvgIpc) is 2.83. The number of hydrogen-bond donors (Lipinski definition) is 1. The van der Waals surface area contributed by atoms with Crippen molar-refractivity contribution in [3.8, 4) is 0 Å². The summed E-state index contributed by atoms with van der Waals surface area (Å²) in [5.74, 6) is -0.751. The fourth-order valence-electron chi connectivity index (χ4n) is 2.21. The van der Waals surface area contributed by atoms with E-state index in [0.29, 0.717) is 22.2 Å². The molecule has 0 bridgehead atoms. The lowest BCUT2D eigenvalue weighted by molar-refractivity contribution is 0.0970. The molecular formula is C16H13NO4. The number of carbonyl (C=O) groups is 1. The van der Waals surface area contributed by atoms with Crippen LogP contribution in [0.3, 0.4) is 0 Å². The molecule has 0 atom stereocenters. The van der Waals surface area contributed by atoms with Gasteiger partial charge in [0.05, 0.1) is 18.7 Å². The van der Waals surface area contributed by atoms with Gasteiger partial charge in [-0.1, -0.05) is 36.4 Å². The molecule has 0 aliphatic heterocycles. The Hall–Kier alpha value is -2.66. The topological polar surface area (TPSA) is 72.4 Å². The van der Waals surface area contributed by atoms with Gasteiger partial charge >= 0.3 is 5.76 Å². The first kappa shape index (κ1) is 13.3. The largest absolute Gasteiger partial charge is 0.420 e. The average molecular weight is 283 g/mol. The van der Waals surface area contributed by atoms with Gasteiger partial charge < -0.3 is 9.52 Å². The first-order valence-electron chi connectivity index (χ1n) is 6.50. The highest BCUT2D eigenvalue weighted by molar-refractivity contribution is 5.96. The van der Waals surface area contributed by atoms with Crippen LogP contribution in [0, 0.1) is 0 Å². The number of benzene rings is 2. The Morgan fingerprint density at radius 1 is 1.14 bits per heavy atom. The van der Waals surface area contributed by atoms with Gasteiger partial charge in [-0.25, -0.2) is 4.79 Å². The Bertz CT molecular complexity index is 846. The number of rotatable bonds is 4. The predicted molar refractivity (Wildman–Crippen MR) is 77.2 cm³/mol. The fraction of sp³-hybridized carbons (Fsp3) is 0.125. The lowest BCUT2D eigenvalue weighted by atomic mass is 10.1. The van der Waals surface area contributed by atoms with E-state index in [-0.39, 0.29) is 18.9 Å². The van der Waals surface area contributed by atoms with Gasteiger partial charge in [0, 0.05) is 5.56 Å². The normalized spacial score (nSPS) is 10.9. The van der Waals surface area contributed by atoms with Crippen molar-refractivity contribution in [1.29, 1.82) is 0 Å². The Morgan fingerprint density at radius 3 is 2.62 bits per heavy atom. The minimum absolute atomic E-state index is 0.0925. The molecule has 1 heterocycles. The highest BCUT2D eigenvalue weighted by atomic mass is 16.4. The zero-order valence-corrected chi connectivity index (χ0v) is 11.2. The third kappa shape index (κ3) is 2.51. The van der Waals surface area contributed by atoms with Gasteiger partial charge in [-0.2, -0.15) is 0 Å². The van der Waals surface area contributed by atoms with Crippen LogP contribution in [0.15, 0.2) is 57.7 Å². The Kier molecular flexibility index (Phi) is 3.41. The summed E-state index contributed by atoms with van der Waals surface area (Å²) in [5.41, 5.74) is 2.11. The molecule has 0 unspecified atom stereocenters. The van der Waals surface area contributed by atoms with Gasteiger partial charge in [0.25, 0.3) is 0 Å². The molecule has 1 aromatic heterocycles. The van der Waals surface area contributed by atoms with Crippen LogP contribution in [-0.2, 0) is 13.2 Å². The number of aliphatic hydroxyl groups excluding tert-OH is 1. The third-order valence-corrected chi connectivity index (χ3v) is 3.31. The number of Topliss-reactive ketones (excluding diaryl/α,β-unsaturated/α-hetero) is 1. The monoisotopic (exact) mass is 283 g/mol. The Labute approximate surface area is 120 Å². The molecule has 3 rings (SSSR count). The van der Waals surface area contributed by atoms with Gasteiger partial charge in [0.15, 0.2) is 11.4 Å². The van der Waals surface area contributed by atoms with Crippen LogP contribution in [0.25, 0.3) is 11.1 Å². The zero-order valence-electron chi connectivity index (χ0n) is 11.2. The Balaban J connectivity index is 2.02. The number of aromatic nitrogens is 1. The van der Waals surface area contributed by atoms with Crippen molar-refractivity contribution in [2.24, 2.45) is 0 Å². The minimum Gasteiger partial charge on any atom is -0.408 e. The summed E-state index contributed by atoms with van der Waals surface area (Å²) in [6, 6.07) is 13.7. The molecule has 1 N–H and O–H groups in total. The number of fused-ring (bicyclic) bond motifs is 1. The van der Waals surface area contributed by atoms with Gasteiger partial charge in [-0.05, 0) is 17.7 Å². The van der Waals surface area contributed by atoms with Crippen molar-refractivity contribution in [3.05, 3.63) is 70.2 Å². The van der Waals surface area contributed by atoms with Crippen LogP contribution in [0.4, 0.5) is 0 Å². The van der Waals surface area contributed by atoms with Gasteiger partial charge in [-0.3, -0.25) is 9.36 Å². The second-order valence-corrected chi connectivity index (χ2v) is 4.70. The first-order valence-corrected chi connectivity index (χ1v) is 6.50. The van der Waals surface area contributed by atoms with E-state index in [1.165, 1.54) is 4.57 Å². The SMILES string of the molecule is O=C(Cn1c(=O)oc2ccc(CO)cc21)c1ccccc1. The van der Waals surface area contributed by atoms with Crippen molar-refractivity contribution in [1.82, 2.24) is 4.57 Å². The van der Waals surface area contributed by atoms with E-state index in [9.17, 15) is 9.59 Å². The molecule has 0 spiro atoms. The lowest BCUT2D eigenvalue weighted by Gasteiger charge is -2.03. The molecule has 5 heteroatoms. The quantitative estimate of drug-likeness (QED) is 0.743. The van der Waals surface area contributed by atoms with Crippen molar-refractivity contribution < 1.29 is 14.3 Å². The fourth-order valence-corrected chi connectivity index (χ4v) is 2.21. The number of hydrogen-bond acceptors (Lipinski definition) is 4. The van der Waals surface area contributed by atoms with Crippen LogP contribution in [-0.4, -0.2) is 15.5 Å². The standard InChI is InChI=1S/C16H13NO4/c18-10-11-6-7-15-13(8-11)17(16(20)21-15)9-14(19)12-4-2-1-3-5-12/h1-8,18H,9-10H2. The summed E-state index contributed by atoms with van der Waals surface area (Å²) < 4.78 is 6.39. The molecule has 2 aromatic carbocycles. The van der Waals surface area contributed by atoms with E-state index >= 15 is 0 Å². The summed E-state index contributed by atoms with van der Waals surface area (Å²) in [5, 5.41) is 9.17. The number of ketones is 1. The van der Waals surface area contributed by atoms with Gasteiger partial charge in [-0.15, -0.1) is 0 Å². The molecule has 21 heavy (non-hydrogen) atoms. The zero-order chi connectivity index (χ0) is 14.8. The molecule has 0 fully saturated rings. The molecule has 106 valence electrons. The summed E-state index contributed by atoms with van der Waals surface area (Å²) >= 11 is 0. The molecule has 3 aromatic rings.